The lowest BCUT2D eigenvalue weighted by molar-refractivity contribution is -0.140. The molecule has 1 aromatic carbocycles. The SMILES string of the molecule is COC(=O)C1=C(C(=O)OC)N(c2ccc(N3CCCC3=O)c(C)c2)COC1. The molecule has 2 heterocycles. The highest BCUT2D eigenvalue weighted by molar-refractivity contribution is 6.03. The molecule has 2 aliphatic heterocycles. The highest BCUT2D eigenvalue weighted by atomic mass is 16.5. The van der Waals surface area contributed by atoms with Crippen LogP contribution in [0, 0.1) is 6.92 Å². The Bertz CT molecular complexity index is 816. The van der Waals surface area contributed by atoms with Crippen molar-refractivity contribution in [2.45, 2.75) is 19.8 Å². The van der Waals surface area contributed by atoms with Crippen molar-refractivity contribution in [1.82, 2.24) is 0 Å². The van der Waals surface area contributed by atoms with Crippen LogP contribution in [0.15, 0.2) is 29.5 Å². The molecule has 0 spiro atoms. The predicted molar refractivity (Wildman–Crippen MR) is 97.1 cm³/mol. The van der Waals surface area contributed by atoms with E-state index in [1.54, 1.807) is 15.9 Å². The molecule has 0 unspecified atom stereocenters. The quantitative estimate of drug-likeness (QED) is 0.739. The summed E-state index contributed by atoms with van der Waals surface area (Å²) in [5.41, 5.74) is 2.59. The van der Waals surface area contributed by atoms with Crippen molar-refractivity contribution < 1.29 is 28.6 Å². The fraction of sp³-hybridized carbons (Fsp3) is 0.421. The molecule has 0 aliphatic carbocycles. The first-order valence-corrected chi connectivity index (χ1v) is 8.64. The third-order valence-corrected chi connectivity index (χ3v) is 4.69. The van der Waals surface area contributed by atoms with Crippen molar-refractivity contribution in [3.63, 3.8) is 0 Å². The van der Waals surface area contributed by atoms with Gasteiger partial charge < -0.3 is 24.0 Å². The summed E-state index contributed by atoms with van der Waals surface area (Å²) in [6.07, 6.45) is 1.40. The van der Waals surface area contributed by atoms with Gasteiger partial charge in [0.05, 0.1) is 26.4 Å². The van der Waals surface area contributed by atoms with E-state index in [0.29, 0.717) is 18.7 Å². The highest BCUT2D eigenvalue weighted by Gasteiger charge is 2.33. The zero-order valence-electron chi connectivity index (χ0n) is 15.6. The van der Waals surface area contributed by atoms with E-state index in [0.717, 1.165) is 17.7 Å². The van der Waals surface area contributed by atoms with Crippen LogP contribution in [0.3, 0.4) is 0 Å². The van der Waals surface area contributed by atoms with E-state index in [2.05, 4.69) is 0 Å². The molecule has 0 saturated carbocycles. The standard InChI is InChI=1S/C19H22N2O6/c1-12-9-13(6-7-15(12)20-8-4-5-16(20)22)21-11-27-10-14(18(23)25-2)17(21)19(24)26-3/h6-7,9H,4-5,8,10-11H2,1-3H3. The normalized spacial score (nSPS) is 17.4. The number of carbonyl (C=O) groups is 3. The molecular weight excluding hydrogens is 352 g/mol. The van der Waals surface area contributed by atoms with Gasteiger partial charge in [-0.3, -0.25) is 4.79 Å². The first-order chi connectivity index (χ1) is 13.0. The molecule has 1 fully saturated rings. The average Bonchev–Trinajstić information content (AvgIpc) is 3.11. The van der Waals surface area contributed by atoms with Gasteiger partial charge in [0.15, 0.2) is 0 Å². The lowest BCUT2D eigenvalue weighted by Crippen LogP contribution is -2.38. The summed E-state index contributed by atoms with van der Waals surface area (Å²) in [7, 11) is 2.50. The number of anilines is 2. The summed E-state index contributed by atoms with van der Waals surface area (Å²) in [5.74, 6) is -1.18. The number of ether oxygens (including phenoxy) is 3. The number of hydrogen-bond donors (Lipinski definition) is 0. The number of benzene rings is 1. The van der Waals surface area contributed by atoms with Crippen LogP contribution >= 0.6 is 0 Å². The monoisotopic (exact) mass is 374 g/mol. The fourth-order valence-corrected chi connectivity index (χ4v) is 3.36. The van der Waals surface area contributed by atoms with Crippen LogP contribution in [-0.4, -0.2) is 51.9 Å². The van der Waals surface area contributed by atoms with Gasteiger partial charge >= 0.3 is 11.9 Å². The molecule has 0 radical (unpaired) electrons. The summed E-state index contributed by atoms with van der Waals surface area (Å²) in [5, 5.41) is 0. The van der Waals surface area contributed by atoms with Crippen LogP contribution in [0.4, 0.5) is 11.4 Å². The number of amides is 1. The molecule has 0 N–H and O–H groups in total. The lowest BCUT2D eigenvalue weighted by atomic mass is 10.1. The minimum atomic E-state index is -0.643. The second-order valence-electron chi connectivity index (χ2n) is 6.34. The average molecular weight is 374 g/mol. The minimum absolute atomic E-state index is 0.0348. The summed E-state index contributed by atoms with van der Waals surface area (Å²) in [6, 6.07) is 5.49. The van der Waals surface area contributed by atoms with E-state index >= 15 is 0 Å². The van der Waals surface area contributed by atoms with Crippen LogP contribution in [0.5, 0.6) is 0 Å². The highest BCUT2D eigenvalue weighted by Crippen LogP contribution is 2.32. The number of hydrogen-bond acceptors (Lipinski definition) is 7. The smallest absolute Gasteiger partial charge is 0.355 e. The Morgan fingerprint density at radius 2 is 1.85 bits per heavy atom. The van der Waals surface area contributed by atoms with E-state index in [9.17, 15) is 14.4 Å². The van der Waals surface area contributed by atoms with Crippen molar-refractivity contribution in [3.8, 4) is 0 Å². The number of nitrogens with zero attached hydrogens (tertiary/aromatic N) is 2. The lowest BCUT2D eigenvalue weighted by Gasteiger charge is -2.32. The first-order valence-electron chi connectivity index (χ1n) is 8.64. The zero-order chi connectivity index (χ0) is 19.6. The van der Waals surface area contributed by atoms with Crippen LogP contribution in [0.25, 0.3) is 0 Å². The van der Waals surface area contributed by atoms with E-state index in [1.165, 1.54) is 14.2 Å². The molecule has 27 heavy (non-hydrogen) atoms. The summed E-state index contributed by atoms with van der Waals surface area (Å²) in [4.78, 5) is 39.8. The van der Waals surface area contributed by atoms with E-state index in [-0.39, 0.29) is 30.5 Å². The van der Waals surface area contributed by atoms with Crippen molar-refractivity contribution in [1.29, 1.82) is 0 Å². The van der Waals surface area contributed by atoms with Crippen molar-refractivity contribution in [2.75, 3.05) is 43.9 Å². The van der Waals surface area contributed by atoms with Crippen LogP contribution < -0.4 is 9.80 Å². The van der Waals surface area contributed by atoms with E-state index < -0.39 is 11.9 Å². The Morgan fingerprint density at radius 1 is 1.11 bits per heavy atom. The summed E-state index contributed by atoms with van der Waals surface area (Å²) >= 11 is 0. The molecule has 0 bridgehead atoms. The predicted octanol–water partition coefficient (Wildman–Crippen LogP) is 1.52. The summed E-state index contributed by atoms with van der Waals surface area (Å²) in [6.45, 7) is 2.66. The number of esters is 2. The van der Waals surface area contributed by atoms with Crippen molar-refractivity contribution in [2.24, 2.45) is 0 Å². The molecule has 3 rings (SSSR count). The van der Waals surface area contributed by atoms with Gasteiger partial charge in [-0.05, 0) is 37.1 Å². The van der Waals surface area contributed by atoms with Gasteiger partial charge in [-0.15, -0.1) is 0 Å². The van der Waals surface area contributed by atoms with Gasteiger partial charge in [0.2, 0.25) is 5.91 Å². The van der Waals surface area contributed by atoms with E-state index in [4.69, 9.17) is 14.2 Å². The molecule has 8 nitrogen and oxygen atoms in total. The summed E-state index contributed by atoms with van der Waals surface area (Å²) < 4.78 is 15.1. The molecule has 2 aliphatic rings. The number of rotatable bonds is 4. The second kappa shape index (κ2) is 7.79. The van der Waals surface area contributed by atoms with Gasteiger partial charge in [-0.2, -0.15) is 0 Å². The van der Waals surface area contributed by atoms with Gasteiger partial charge in [-0.1, -0.05) is 0 Å². The molecule has 1 aromatic rings. The molecule has 144 valence electrons. The van der Waals surface area contributed by atoms with Crippen LogP contribution in [-0.2, 0) is 28.6 Å². The van der Waals surface area contributed by atoms with E-state index in [1.807, 2.05) is 19.1 Å². The van der Waals surface area contributed by atoms with Gasteiger partial charge in [-0.25, -0.2) is 9.59 Å². The second-order valence-corrected chi connectivity index (χ2v) is 6.34. The Balaban J connectivity index is 2.01. The molecule has 1 amide bonds. The first kappa shape index (κ1) is 18.9. The van der Waals surface area contributed by atoms with Crippen molar-refractivity contribution >= 4 is 29.2 Å². The van der Waals surface area contributed by atoms with Gasteiger partial charge in [0.1, 0.15) is 12.4 Å². The Hall–Kier alpha value is -2.87. The molecule has 1 saturated heterocycles. The molecule has 8 heteroatoms. The molecular formula is C19H22N2O6. The fourth-order valence-electron chi connectivity index (χ4n) is 3.36. The maximum atomic E-state index is 12.3. The van der Waals surface area contributed by atoms with Crippen LogP contribution in [0.2, 0.25) is 0 Å². The Kier molecular flexibility index (Phi) is 5.46. The van der Waals surface area contributed by atoms with Crippen LogP contribution in [0.1, 0.15) is 18.4 Å². The number of aryl methyl sites for hydroxylation is 1. The van der Waals surface area contributed by atoms with Gasteiger partial charge in [0.25, 0.3) is 0 Å². The third kappa shape index (κ3) is 3.52. The zero-order valence-corrected chi connectivity index (χ0v) is 15.6. The topological polar surface area (TPSA) is 85.4 Å². The largest absolute Gasteiger partial charge is 0.466 e. The maximum absolute atomic E-state index is 12.3. The number of carbonyl (C=O) groups excluding carboxylic acids is 3. The van der Waals surface area contributed by atoms with Gasteiger partial charge in [0, 0.05) is 24.3 Å². The van der Waals surface area contributed by atoms with Crippen molar-refractivity contribution in [3.05, 3.63) is 35.0 Å². The molecule has 0 aromatic heterocycles. The minimum Gasteiger partial charge on any atom is -0.466 e. The number of methoxy groups -OCH3 is 2. The Labute approximate surface area is 157 Å². The Morgan fingerprint density at radius 3 is 2.44 bits per heavy atom. The third-order valence-electron chi connectivity index (χ3n) is 4.69. The maximum Gasteiger partial charge on any atom is 0.355 e. The molecule has 0 atom stereocenters.